The van der Waals surface area contributed by atoms with E-state index in [0.717, 1.165) is 79.5 Å². The van der Waals surface area contributed by atoms with E-state index in [9.17, 15) is 85.0 Å². The molecular formula is C98H102ClF15O15. The van der Waals surface area contributed by atoms with Gasteiger partial charge in [-0.1, -0.05) is 165 Å². The molecule has 0 saturated heterocycles. The average molecular weight is 1840 g/mol. The minimum absolute atomic E-state index is 0.0844. The summed E-state index contributed by atoms with van der Waals surface area (Å²) in [5.41, 5.74) is 7.81. The van der Waals surface area contributed by atoms with E-state index >= 15 is 0 Å². The van der Waals surface area contributed by atoms with Crippen LogP contribution in [0.15, 0.2) is 206 Å². The maximum absolute atomic E-state index is 14.7. The second kappa shape index (κ2) is 46.3. The number of ether oxygens (including phenoxy) is 9. The van der Waals surface area contributed by atoms with E-state index in [4.69, 9.17) is 45.5 Å². The molecular weight excluding hydrogens is 1740 g/mol. The van der Waals surface area contributed by atoms with Gasteiger partial charge in [0.2, 0.25) is 0 Å². The van der Waals surface area contributed by atoms with Crippen LogP contribution in [0.25, 0.3) is 33.4 Å². The Labute approximate surface area is 744 Å². The van der Waals surface area contributed by atoms with Gasteiger partial charge in [-0.2, -0.15) is 52.7 Å². The van der Waals surface area contributed by atoms with E-state index in [1.807, 2.05) is 77.9 Å². The number of halogens is 16. The van der Waals surface area contributed by atoms with Crippen molar-refractivity contribution in [3.05, 3.63) is 279 Å². The first kappa shape index (κ1) is 106. The highest BCUT2D eigenvalue weighted by atomic mass is 35.5. The van der Waals surface area contributed by atoms with Crippen LogP contribution in [0.1, 0.15) is 167 Å². The predicted molar refractivity (Wildman–Crippen MR) is 460 cm³/mol. The third-order valence-electron chi connectivity index (χ3n) is 20.1. The van der Waals surface area contributed by atoms with Crippen molar-refractivity contribution in [1.82, 2.24) is 0 Å². The van der Waals surface area contributed by atoms with Crippen LogP contribution >= 0.6 is 11.6 Å². The normalized spacial score (nSPS) is 12.6. The van der Waals surface area contributed by atoms with E-state index in [1.165, 1.54) is 105 Å². The first-order chi connectivity index (χ1) is 60.2. The van der Waals surface area contributed by atoms with Gasteiger partial charge in [0.1, 0.15) is 70.9 Å². The monoisotopic (exact) mass is 1840 g/mol. The van der Waals surface area contributed by atoms with Crippen molar-refractivity contribution in [2.24, 2.45) is 0 Å². The second-order valence-corrected chi connectivity index (χ2v) is 32.7. The Kier molecular flexibility index (Phi) is 37.9. The number of carbonyl (C=O) groups is 4. The quantitative estimate of drug-likeness (QED) is 0.0237. The Morgan fingerprint density at radius 2 is 0.550 bits per heavy atom. The molecule has 0 aliphatic heterocycles. The number of esters is 4. The number of hydrogen-bond donors (Lipinski definition) is 2. The van der Waals surface area contributed by atoms with Gasteiger partial charge in [0.05, 0.1) is 99.1 Å². The van der Waals surface area contributed by atoms with Crippen LogP contribution in [0.2, 0.25) is 0 Å². The number of hydrogen-bond acceptors (Lipinski definition) is 15. The van der Waals surface area contributed by atoms with Crippen molar-refractivity contribution in [3.63, 3.8) is 0 Å². The Hall–Kier alpha value is -12.1. The van der Waals surface area contributed by atoms with E-state index < -0.39 is 97.9 Å². The van der Waals surface area contributed by atoms with Crippen molar-refractivity contribution < 1.29 is 138 Å². The number of carbonyl (C=O) groups excluding carboxylic acids is 4. The Bertz CT molecular complexity index is 5120. The smallest absolute Gasteiger partial charge is 0.396 e. The highest BCUT2D eigenvalue weighted by Gasteiger charge is 2.46. The van der Waals surface area contributed by atoms with Crippen molar-refractivity contribution in [2.75, 3.05) is 49.8 Å². The molecule has 0 amide bonds. The number of rotatable bonds is 25. The van der Waals surface area contributed by atoms with Crippen molar-refractivity contribution in [3.8, 4) is 73.6 Å². The molecule has 0 heterocycles. The SMILES string of the molecule is COC(=O)C[C@@H](c1cccc(O)c1)C(F)(F)F.COC(=O)C[C@@H](c1cccc(OCc2ccc(-c3cc(OC)ccc3F)c(C(C)(C)C)c2)c1)C(F)(F)F.COC(=O)C[C@H](c1cccc(O)c1)C(F)(F)F.COC(=O)C[C@H](c1cccc(OCc2ccc(-c3cc(OC)ccc3F)c(C(C)(C)C)c2)c1)C(F)(F)F.COc1ccc(F)c(-c2ccc(CCl)cc2C(C)(C)C)c1. The molecule has 0 radical (unpaired) electrons. The van der Waals surface area contributed by atoms with Crippen LogP contribution < -0.4 is 23.7 Å². The van der Waals surface area contributed by atoms with E-state index in [1.54, 1.807) is 67.8 Å². The molecule has 0 saturated carbocycles. The largest absolute Gasteiger partial charge is 0.508 e. The van der Waals surface area contributed by atoms with E-state index in [-0.39, 0.29) is 92.2 Å². The number of alkyl halides is 13. The molecule has 0 spiro atoms. The van der Waals surface area contributed by atoms with Crippen LogP contribution in [-0.2, 0) is 73.5 Å². The zero-order valence-corrected chi connectivity index (χ0v) is 74.4. The number of methoxy groups -OCH3 is 7. The summed E-state index contributed by atoms with van der Waals surface area (Å²) in [6, 6.07) is 51.6. The molecule has 10 rings (SSSR count). The molecule has 10 aromatic rings. The fraction of sp³-hybridized carbons (Fsp3) is 0.347. The molecule has 0 aromatic heterocycles. The predicted octanol–water partition coefficient (Wildman–Crippen LogP) is 25.9. The Morgan fingerprint density at radius 3 is 0.783 bits per heavy atom. The highest BCUT2D eigenvalue weighted by Crippen LogP contribution is 2.46. The summed E-state index contributed by atoms with van der Waals surface area (Å²) in [7, 11) is 8.77. The minimum Gasteiger partial charge on any atom is -0.508 e. The lowest BCUT2D eigenvalue weighted by molar-refractivity contribution is -0.165. The first-order valence-electron chi connectivity index (χ1n) is 39.8. The van der Waals surface area contributed by atoms with Gasteiger partial charge >= 0.3 is 48.6 Å². The molecule has 2 N–H and O–H groups in total. The number of benzene rings is 10. The number of phenolic OH excluding ortho intramolecular Hbond substituents is 2. The zero-order chi connectivity index (χ0) is 96.5. The second-order valence-electron chi connectivity index (χ2n) is 32.5. The summed E-state index contributed by atoms with van der Waals surface area (Å²) in [5, 5.41) is 18.3. The van der Waals surface area contributed by atoms with Gasteiger partial charge < -0.3 is 52.8 Å². The highest BCUT2D eigenvalue weighted by molar-refractivity contribution is 6.17. The van der Waals surface area contributed by atoms with Crippen molar-refractivity contribution >= 4 is 35.5 Å². The van der Waals surface area contributed by atoms with Crippen LogP contribution in [0, 0.1) is 17.5 Å². The maximum Gasteiger partial charge on any atom is 0.396 e. The Balaban J connectivity index is 0.000000259. The van der Waals surface area contributed by atoms with Crippen LogP contribution in [-0.4, -0.2) is 109 Å². The summed E-state index contributed by atoms with van der Waals surface area (Å²) >= 11 is 5.93. The maximum atomic E-state index is 14.7. The summed E-state index contributed by atoms with van der Waals surface area (Å²) in [6.45, 7) is 18.6. The van der Waals surface area contributed by atoms with Gasteiger partial charge in [-0.25, -0.2) is 13.2 Å². The summed E-state index contributed by atoms with van der Waals surface area (Å²) in [4.78, 5) is 45.0. The van der Waals surface area contributed by atoms with E-state index in [2.05, 4.69) is 45.8 Å². The fourth-order valence-corrected chi connectivity index (χ4v) is 13.4. The van der Waals surface area contributed by atoms with Crippen LogP contribution in [0.3, 0.4) is 0 Å². The zero-order valence-electron chi connectivity index (χ0n) is 73.6. The third kappa shape index (κ3) is 31.7. The number of aromatic hydroxyl groups is 2. The van der Waals surface area contributed by atoms with Gasteiger partial charge in [0.25, 0.3) is 0 Å². The molecule has 0 bridgehead atoms. The van der Waals surface area contributed by atoms with Gasteiger partial charge in [0.15, 0.2) is 0 Å². The summed E-state index contributed by atoms with van der Waals surface area (Å²) in [6.07, 6.45) is -21.6. The van der Waals surface area contributed by atoms with Gasteiger partial charge in [-0.3, -0.25) is 19.2 Å². The lowest BCUT2D eigenvalue weighted by Crippen LogP contribution is -2.24. The molecule has 0 fully saturated rings. The summed E-state index contributed by atoms with van der Waals surface area (Å²) < 4.78 is 247. The topological polar surface area (TPSA) is 192 Å². The average Bonchev–Trinajstić information content (AvgIpc) is 0.787. The molecule has 15 nitrogen and oxygen atoms in total. The molecule has 696 valence electrons. The van der Waals surface area contributed by atoms with Gasteiger partial charge in [-0.05, 0) is 192 Å². The fourth-order valence-electron chi connectivity index (χ4n) is 13.3. The third-order valence-corrected chi connectivity index (χ3v) is 20.4. The minimum atomic E-state index is -4.63. The van der Waals surface area contributed by atoms with E-state index in [0.29, 0.717) is 50.9 Å². The molecule has 0 unspecified atom stereocenters. The Morgan fingerprint density at radius 1 is 0.302 bits per heavy atom. The van der Waals surface area contributed by atoms with Crippen LogP contribution in [0.5, 0.6) is 40.2 Å². The molecule has 4 atom stereocenters. The summed E-state index contributed by atoms with van der Waals surface area (Å²) in [5.74, 6) is -10.7. The molecule has 31 heteroatoms. The van der Waals surface area contributed by atoms with Crippen LogP contribution in [0.4, 0.5) is 65.9 Å². The molecule has 0 aliphatic carbocycles. The number of phenols is 2. The molecule has 10 aromatic carbocycles. The standard InChI is InChI=1S/2C29H30F4O4.C18H20ClFO.2C11H11F3O3/c2*1-28(2,3)25-13-18(9-11-22(25)23-15-20(35-4)10-12-26(23)30)17-37-21-8-6-7-19(14-21)24(29(31,32)33)16-27(34)36-5;1-18(2,3)16-9-12(11-19)5-7-14(16)15-10-13(21-4)6-8-17(15)20;2*1-17-10(16)6-9(11(12,13)14)7-3-2-4-8(15)5-7/h2*6-15,24H,16-17H2,1-5H3;5-10H,11H2,1-4H3;2*2-5,9,15H,6H2,1H3/t2*24-;;2*9-/m10.10/s1. The van der Waals surface area contributed by atoms with Crippen molar-refractivity contribution in [2.45, 2.75) is 172 Å². The molecule has 129 heavy (non-hydrogen) atoms. The van der Waals surface area contributed by atoms with Gasteiger partial charge in [0, 0.05) is 22.6 Å². The van der Waals surface area contributed by atoms with Crippen molar-refractivity contribution in [1.29, 1.82) is 0 Å². The lowest BCUT2D eigenvalue weighted by atomic mass is 9.81. The lowest BCUT2D eigenvalue weighted by Gasteiger charge is -2.25. The molecule has 0 aliphatic rings. The first-order valence-corrected chi connectivity index (χ1v) is 40.3. The van der Waals surface area contributed by atoms with Gasteiger partial charge in [-0.15, -0.1) is 11.6 Å².